The molecule has 156 valence electrons. The molecule has 31 heavy (non-hydrogen) atoms. The summed E-state index contributed by atoms with van der Waals surface area (Å²) in [4.78, 5) is 22.1. The number of carbonyl (C=O) groups is 1. The van der Waals surface area contributed by atoms with Crippen LogP contribution in [0.5, 0.6) is 0 Å². The number of aromatic nitrogens is 2. The van der Waals surface area contributed by atoms with Crippen molar-refractivity contribution in [1.29, 1.82) is 0 Å². The first kappa shape index (κ1) is 20.1. The zero-order valence-electron chi connectivity index (χ0n) is 15.9. The van der Waals surface area contributed by atoms with Crippen LogP contribution < -0.4 is 0 Å². The van der Waals surface area contributed by atoms with E-state index >= 15 is 0 Å². The molecule has 0 saturated heterocycles. The third kappa shape index (κ3) is 3.40. The molecule has 3 heterocycles. The molecule has 4 aromatic rings. The molecule has 0 radical (unpaired) electrons. The third-order valence-electron chi connectivity index (χ3n) is 4.94. The predicted octanol–water partition coefficient (Wildman–Crippen LogP) is 4.43. The van der Waals surface area contributed by atoms with E-state index in [1.807, 2.05) is 5.38 Å². The normalized spacial score (nSPS) is 14.9. The predicted molar refractivity (Wildman–Crippen MR) is 118 cm³/mol. The fourth-order valence-electron chi connectivity index (χ4n) is 3.48. The Kier molecular flexibility index (Phi) is 4.99. The van der Waals surface area contributed by atoms with E-state index in [1.54, 1.807) is 24.3 Å². The molecule has 6 nitrogen and oxygen atoms in total. The van der Waals surface area contributed by atoms with E-state index in [2.05, 4.69) is 9.97 Å². The summed E-state index contributed by atoms with van der Waals surface area (Å²) in [5.41, 5.74) is 1.94. The number of amides is 1. The molecule has 10 heteroatoms. The zero-order chi connectivity index (χ0) is 21.6. The Hall–Kier alpha value is -2.82. The molecule has 0 saturated carbocycles. The smallest absolute Gasteiger partial charge is 0.268 e. The SMILES string of the molecule is O=C1c2ccccc2S(=O)(=O)N1CCSc1ncnc2scc(-c3ccc(F)cc3)c12. The van der Waals surface area contributed by atoms with Crippen molar-refractivity contribution in [2.75, 3.05) is 12.3 Å². The number of carbonyl (C=O) groups excluding carboxylic acids is 1. The number of hydrogen-bond acceptors (Lipinski definition) is 7. The summed E-state index contributed by atoms with van der Waals surface area (Å²) >= 11 is 2.82. The van der Waals surface area contributed by atoms with E-state index in [-0.39, 0.29) is 22.8 Å². The Morgan fingerprint density at radius 2 is 1.81 bits per heavy atom. The molecule has 0 unspecified atom stereocenters. The van der Waals surface area contributed by atoms with Crippen molar-refractivity contribution in [2.24, 2.45) is 0 Å². The minimum Gasteiger partial charge on any atom is -0.268 e. The van der Waals surface area contributed by atoms with Crippen LogP contribution in [0.2, 0.25) is 0 Å². The largest absolute Gasteiger partial charge is 0.269 e. The minimum atomic E-state index is -3.83. The summed E-state index contributed by atoms with van der Waals surface area (Å²) in [5, 5.41) is 3.47. The van der Waals surface area contributed by atoms with Gasteiger partial charge in [0, 0.05) is 23.2 Å². The van der Waals surface area contributed by atoms with Crippen LogP contribution in [0, 0.1) is 5.82 Å². The molecular formula is C21H14FN3O3S3. The van der Waals surface area contributed by atoms with Crippen LogP contribution in [0.3, 0.4) is 0 Å². The van der Waals surface area contributed by atoms with Crippen molar-refractivity contribution in [3.8, 4) is 11.1 Å². The molecule has 2 aromatic carbocycles. The Morgan fingerprint density at radius 3 is 2.58 bits per heavy atom. The van der Waals surface area contributed by atoms with Crippen LogP contribution in [0.1, 0.15) is 10.4 Å². The summed E-state index contributed by atoms with van der Waals surface area (Å²) in [6, 6.07) is 12.4. The number of fused-ring (bicyclic) bond motifs is 2. The van der Waals surface area contributed by atoms with Gasteiger partial charge in [-0.1, -0.05) is 24.3 Å². The van der Waals surface area contributed by atoms with E-state index < -0.39 is 15.9 Å². The average Bonchev–Trinajstić information content (AvgIpc) is 3.28. The van der Waals surface area contributed by atoms with Crippen molar-refractivity contribution < 1.29 is 17.6 Å². The number of rotatable bonds is 5. The maximum Gasteiger partial charge on any atom is 0.269 e. The summed E-state index contributed by atoms with van der Waals surface area (Å²) in [7, 11) is -3.83. The second kappa shape index (κ2) is 7.70. The van der Waals surface area contributed by atoms with Crippen molar-refractivity contribution in [3.63, 3.8) is 0 Å². The van der Waals surface area contributed by atoms with Gasteiger partial charge in [0.1, 0.15) is 26.9 Å². The number of hydrogen-bond donors (Lipinski definition) is 0. The molecule has 1 amide bonds. The van der Waals surface area contributed by atoms with Crippen LogP contribution in [0.4, 0.5) is 4.39 Å². The summed E-state index contributed by atoms with van der Waals surface area (Å²) in [6.45, 7) is 0.0298. The molecule has 1 aliphatic heterocycles. The summed E-state index contributed by atoms with van der Waals surface area (Å²) in [6.07, 6.45) is 1.46. The van der Waals surface area contributed by atoms with Crippen molar-refractivity contribution >= 4 is 49.2 Å². The number of nitrogens with zero attached hydrogens (tertiary/aromatic N) is 3. The van der Waals surface area contributed by atoms with Gasteiger partial charge in [0.2, 0.25) is 0 Å². The van der Waals surface area contributed by atoms with Crippen LogP contribution in [-0.4, -0.2) is 40.9 Å². The third-order valence-corrected chi connectivity index (χ3v) is 8.63. The van der Waals surface area contributed by atoms with Crippen molar-refractivity contribution in [2.45, 2.75) is 9.92 Å². The van der Waals surface area contributed by atoms with E-state index in [0.29, 0.717) is 10.8 Å². The van der Waals surface area contributed by atoms with Gasteiger partial charge in [-0.05, 0) is 29.8 Å². The highest BCUT2D eigenvalue weighted by molar-refractivity contribution is 7.99. The van der Waals surface area contributed by atoms with E-state index in [9.17, 15) is 17.6 Å². The molecule has 0 atom stereocenters. The maximum absolute atomic E-state index is 13.3. The van der Waals surface area contributed by atoms with Gasteiger partial charge in [-0.2, -0.15) is 0 Å². The number of benzene rings is 2. The van der Waals surface area contributed by atoms with Crippen LogP contribution in [0.15, 0.2) is 70.2 Å². The van der Waals surface area contributed by atoms with Crippen LogP contribution in [0.25, 0.3) is 21.3 Å². The molecular weight excluding hydrogens is 457 g/mol. The van der Waals surface area contributed by atoms with Gasteiger partial charge in [-0.25, -0.2) is 27.1 Å². The molecule has 0 N–H and O–H groups in total. The highest BCUT2D eigenvalue weighted by Gasteiger charge is 2.40. The topological polar surface area (TPSA) is 80.2 Å². The number of halogens is 1. The van der Waals surface area contributed by atoms with Gasteiger partial charge in [-0.15, -0.1) is 23.1 Å². The molecule has 0 fully saturated rings. The molecule has 5 rings (SSSR count). The second-order valence-corrected chi connectivity index (χ2v) is 10.5. The number of thioether (sulfide) groups is 1. The lowest BCUT2D eigenvalue weighted by atomic mass is 10.1. The first-order valence-corrected chi connectivity index (χ1v) is 12.5. The molecule has 0 aliphatic carbocycles. The Morgan fingerprint density at radius 1 is 1.03 bits per heavy atom. The highest BCUT2D eigenvalue weighted by atomic mass is 32.2. The Labute approximate surface area is 185 Å². The number of thiophene rings is 1. The average molecular weight is 472 g/mol. The Balaban J connectivity index is 1.41. The zero-order valence-corrected chi connectivity index (χ0v) is 18.3. The summed E-state index contributed by atoms with van der Waals surface area (Å²) in [5.74, 6) is -0.484. The Bertz CT molecular complexity index is 1420. The van der Waals surface area contributed by atoms with Crippen LogP contribution in [-0.2, 0) is 10.0 Å². The van der Waals surface area contributed by atoms with E-state index in [1.165, 1.54) is 53.7 Å². The summed E-state index contributed by atoms with van der Waals surface area (Å²) < 4.78 is 39.7. The monoisotopic (exact) mass is 471 g/mol. The minimum absolute atomic E-state index is 0.0298. The lowest BCUT2D eigenvalue weighted by Gasteiger charge is -2.14. The van der Waals surface area contributed by atoms with E-state index in [0.717, 1.165) is 25.6 Å². The first-order valence-electron chi connectivity index (χ1n) is 9.24. The lowest BCUT2D eigenvalue weighted by molar-refractivity contribution is 0.0876. The molecule has 1 aliphatic rings. The number of sulfonamides is 1. The van der Waals surface area contributed by atoms with Gasteiger partial charge in [-0.3, -0.25) is 4.79 Å². The second-order valence-electron chi connectivity index (χ2n) is 6.74. The first-order chi connectivity index (χ1) is 15.0. The van der Waals surface area contributed by atoms with Gasteiger partial charge < -0.3 is 0 Å². The molecule has 2 aromatic heterocycles. The van der Waals surface area contributed by atoms with Gasteiger partial charge in [0.25, 0.3) is 15.9 Å². The van der Waals surface area contributed by atoms with Crippen LogP contribution >= 0.6 is 23.1 Å². The fraction of sp³-hybridized carbons (Fsp3) is 0.0952. The van der Waals surface area contributed by atoms with Gasteiger partial charge >= 0.3 is 0 Å². The van der Waals surface area contributed by atoms with E-state index in [4.69, 9.17) is 0 Å². The fourth-order valence-corrected chi connectivity index (χ4v) is 7.08. The molecule has 0 bridgehead atoms. The molecule has 0 spiro atoms. The lowest BCUT2D eigenvalue weighted by Crippen LogP contribution is -2.32. The standard InChI is InChI=1S/C21H14FN3O3S3/c22-14-7-5-13(6-8-14)16-11-30-20-18(16)19(23-12-24-20)29-10-9-25-21(26)15-3-1-2-4-17(15)31(25,27)28/h1-8,11-12H,9-10H2. The van der Waals surface area contributed by atoms with Gasteiger partial charge in [0.05, 0.1) is 10.9 Å². The van der Waals surface area contributed by atoms with Crippen molar-refractivity contribution in [1.82, 2.24) is 14.3 Å². The van der Waals surface area contributed by atoms with Gasteiger partial charge in [0.15, 0.2) is 0 Å². The highest BCUT2D eigenvalue weighted by Crippen LogP contribution is 2.38. The van der Waals surface area contributed by atoms with Crippen molar-refractivity contribution in [3.05, 3.63) is 71.6 Å². The maximum atomic E-state index is 13.3. The quantitative estimate of drug-likeness (QED) is 0.316.